The number of ether oxygens (including phenoxy) is 2. The molecule has 0 radical (unpaired) electrons. The number of benzene rings is 2. The van der Waals surface area contributed by atoms with Crippen LogP contribution >= 0.6 is 0 Å². The first kappa shape index (κ1) is 33.2. The molecule has 1 spiro atoms. The van der Waals surface area contributed by atoms with Crippen molar-refractivity contribution in [3.63, 3.8) is 0 Å². The number of aliphatic hydroxyl groups excluding tert-OH is 1. The van der Waals surface area contributed by atoms with Gasteiger partial charge in [-0.25, -0.2) is 0 Å². The van der Waals surface area contributed by atoms with Gasteiger partial charge in [-0.15, -0.1) is 0 Å². The van der Waals surface area contributed by atoms with Gasteiger partial charge in [-0.1, -0.05) is 104 Å². The molecule has 0 aromatic heterocycles. The number of carbonyl (C=O) groups is 4. The molecule has 2 saturated heterocycles. The fourth-order valence-corrected chi connectivity index (χ4v) is 8.65. The predicted molar refractivity (Wildman–Crippen MR) is 181 cm³/mol. The Balaban J connectivity index is 1.31. The zero-order chi connectivity index (χ0) is 34.0. The number of amides is 3. The molecule has 3 fully saturated rings. The minimum Gasteiger partial charge on any atom is -0.463 e. The van der Waals surface area contributed by atoms with Gasteiger partial charge in [0.05, 0.1) is 36.6 Å². The van der Waals surface area contributed by atoms with Crippen molar-refractivity contribution < 1.29 is 33.8 Å². The molecule has 7 rings (SSSR count). The molecular formula is C39H45N3O7. The molecule has 0 bridgehead atoms. The van der Waals surface area contributed by atoms with E-state index in [1.165, 1.54) is 0 Å². The van der Waals surface area contributed by atoms with Crippen molar-refractivity contribution in [3.8, 4) is 0 Å². The van der Waals surface area contributed by atoms with Gasteiger partial charge in [-0.3, -0.25) is 19.2 Å². The van der Waals surface area contributed by atoms with E-state index in [0.717, 1.165) is 43.2 Å². The van der Waals surface area contributed by atoms with Gasteiger partial charge < -0.3 is 29.7 Å². The lowest BCUT2D eigenvalue weighted by Gasteiger charge is -2.41. The molecular weight excluding hydrogens is 622 g/mol. The van der Waals surface area contributed by atoms with Crippen molar-refractivity contribution in [1.29, 1.82) is 0 Å². The number of likely N-dealkylation sites (tertiary alicyclic amines) is 1. The first-order valence-electron chi connectivity index (χ1n) is 17.7. The Morgan fingerprint density at radius 3 is 2.39 bits per heavy atom. The van der Waals surface area contributed by atoms with Gasteiger partial charge in [0.15, 0.2) is 0 Å². The third-order valence-electron chi connectivity index (χ3n) is 11.0. The quantitative estimate of drug-likeness (QED) is 0.356. The fourth-order valence-electron chi connectivity index (χ4n) is 8.65. The topological polar surface area (TPSA) is 125 Å². The van der Waals surface area contributed by atoms with Crippen LogP contribution in [0.1, 0.15) is 62.1 Å². The number of aliphatic hydroxyl groups is 1. The van der Waals surface area contributed by atoms with Gasteiger partial charge in [0.1, 0.15) is 18.2 Å². The monoisotopic (exact) mass is 667 g/mol. The van der Waals surface area contributed by atoms with E-state index < -0.39 is 47.6 Å². The predicted octanol–water partition coefficient (Wildman–Crippen LogP) is 3.65. The summed E-state index contributed by atoms with van der Waals surface area (Å²) >= 11 is 0. The highest BCUT2D eigenvalue weighted by Crippen LogP contribution is 2.54. The number of carbonyl (C=O) groups excluding carboxylic acids is 4. The third-order valence-corrected chi connectivity index (χ3v) is 11.0. The van der Waals surface area contributed by atoms with Crippen molar-refractivity contribution in [2.75, 3.05) is 19.8 Å². The number of nitrogens with zero attached hydrogens (tertiary/aromatic N) is 2. The molecule has 10 heteroatoms. The van der Waals surface area contributed by atoms with Crippen molar-refractivity contribution in [3.05, 3.63) is 96.1 Å². The van der Waals surface area contributed by atoms with Crippen molar-refractivity contribution in [1.82, 2.24) is 15.1 Å². The van der Waals surface area contributed by atoms with E-state index in [9.17, 15) is 19.5 Å². The number of cyclic esters (lactones) is 1. The Morgan fingerprint density at radius 1 is 0.918 bits per heavy atom. The Bertz CT molecular complexity index is 1590. The molecule has 4 aliphatic heterocycles. The molecule has 0 unspecified atom stereocenters. The minimum atomic E-state index is -1.44. The number of esters is 1. The molecule has 49 heavy (non-hydrogen) atoms. The molecule has 2 N–H and O–H groups in total. The van der Waals surface area contributed by atoms with Crippen LogP contribution in [0.5, 0.6) is 0 Å². The second kappa shape index (κ2) is 14.3. The Labute approximate surface area is 287 Å². The van der Waals surface area contributed by atoms with Crippen molar-refractivity contribution in [2.45, 2.75) is 87.2 Å². The lowest BCUT2D eigenvalue weighted by atomic mass is 9.77. The third kappa shape index (κ3) is 6.32. The van der Waals surface area contributed by atoms with Crippen LogP contribution in [0.15, 0.2) is 85.0 Å². The molecule has 10 nitrogen and oxygen atoms in total. The van der Waals surface area contributed by atoms with E-state index >= 15 is 4.79 Å². The van der Waals surface area contributed by atoms with Gasteiger partial charge in [-0.2, -0.15) is 0 Å². The van der Waals surface area contributed by atoms with E-state index in [4.69, 9.17) is 9.47 Å². The number of allylic oxidation sites excluding steroid dienone is 1. The van der Waals surface area contributed by atoms with Crippen LogP contribution in [0.3, 0.4) is 0 Å². The summed E-state index contributed by atoms with van der Waals surface area (Å²) in [4.78, 5) is 60.5. The average molecular weight is 668 g/mol. The largest absolute Gasteiger partial charge is 0.463 e. The van der Waals surface area contributed by atoms with E-state index in [1.807, 2.05) is 77.7 Å². The lowest BCUT2D eigenvalue weighted by molar-refractivity contribution is -0.152. The zero-order valence-electron chi connectivity index (χ0n) is 27.7. The molecule has 1 aliphatic carbocycles. The van der Waals surface area contributed by atoms with Gasteiger partial charge in [0, 0.05) is 19.0 Å². The summed E-state index contributed by atoms with van der Waals surface area (Å²) in [6, 6.07) is 16.5. The summed E-state index contributed by atoms with van der Waals surface area (Å²) in [7, 11) is 0. The van der Waals surface area contributed by atoms with Crippen LogP contribution < -0.4 is 5.32 Å². The van der Waals surface area contributed by atoms with Crippen LogP contribution in [0, 0.1) is 11.8 Å². The minimum absolute atomic E-state index is 0.0423. The van der Waals surface area contributed by atoms with Crippen molar-refractivity contribution in [2.24, 2.45) is 11.8 Å². The highest BCUT2D eigenvalue weighted by Gasteiger charge is 2.72. The zero-order valence-corrected chi connectivity index (χ0v) is 27.7. The number of fused-ring (bicyclic) bond motifs is 2. The molecule has 2 aromatic rings. The van der Waals surface area contributed by atoms with Crippen LogP contribution in [0.4, 0.5) is 0 Å². The fraction of sp³-hybridized carbons (Fsp3) is 0.487. The SMILES string of the molecule is O=C1CC/C=C\[C@@H]2O[C@@]34C=CCN(C5CCCCC5)C(=O)[C@@H]3N([C@@H](CO)Cc3ccccc3)C(=O)[C@H]4[C@@H]2C(=O)N[C@@H](c2ccccc2)CO1. The molecule has 3 amide bonds. The molecule has 1 saturated carbocycles. The number of hydrogen-bond donors (Lipinski definition) is 2. The highest BCUT2D eigenvalue weighted by atomic mass is 16.5. The van der Waals surface area contributed by atoms with E-state index in [-0.39, 0.29) is 43.5 Å². The summed E-state index contributed by atoms with van der Waals surface area (Å²) in [6.07, 6.45) is 12.3. The average Bonchev–Trinajstić information content (AvgIpc) is 3.52. The molecule has 4 heterocycles. The van der Waals surface area contributed by atoms with Gasteiger partial charge in [-0.05, 0) is 36.8 Å². The van der Waals surface area contributed by atoms with Gasteiger partial charge >= 0.3 is 5.97 Å². The summed E-state index contributed by atoms with van der Waals surface area (Å²) in [5.41, 5.74) is 0.245. The standard InChI is InChI=1S/C39H45N3O7/c43-24-29(23-26-13-4-1-5-14-26)42-35-38(47)41(28-17-8-3-9-18-28)22-12-21-39(35)34(37(42)46)33-31(49-39)19-10-11-20-32(44)48-25-30(40-36(33)45)27-15-6-2-7-16-27/h1-2,4-7,10,12-16,19,21,28-31,33-35,43H,3,8-9,11,17-18,20,22-25H2,(H,40,45)/b19-10-/t29-,30-,31+,33-,34-,35+,39-/m1/s1. The maximum atomic E-state index is 15.0. The number of rotatable bonds is 6. The van der Waals surface area contributed by atoms with Crippen molar-refractivity contribution >= 4 is 23.7 Å². The second-order valence-corrected chi connectivity index (χ2v) is 13.9. The Hall–Kier alpha value is -4.28. The maximum Gasteiger partial charge on any atom is 0.306 e. The normalized spacial score (nSPS) is 32.1. The van der Waals surface area contributed by atoms with E-state index in [0.29, 0.717) is 19.4 Å². The van der Waals surface area contributed by atoms with Gasteiger partial charge in [0.2, 0.25) is 17.7 Å². The molecule has 2 aromatic carbocycles. The Kier molecular flexibility index (Phi) is 9.69. The summed E-state index contributed by atoms with van der Waals surface area (Å²) < 4.78 is 12.5. The van der Waals surface area contributed by atoms with Crippen LogP contribution in [0.2, 0.25) is 0 Å². The first-order chi connectivity index (χ1) is 23.9. The summed E-state index contributed by atoms with van der Waals surface area (Å²) in [5.74, 6) is -3.39. The maximum absolute atomic E-state index is 15.0. The summed E-state index contributed by atoms with van der Waals surface area (Å²) in [5, 5.41) is 13.9. The van der Waals surface area contributed by atoms with E-state index in [2.05, 4.69) is 5.32 Å². The number of nitrogens with one attached hydrogen (secondary N) is 1. The van der Waals surface area contributed by atoms with Gasteiger partial charge in [0.25, 0.3) is 0 Å². The van der Waals surface area contributed by atoms with Crippen LogP contribution in [0.25, 0.3) is 0 Å². The molecule has 258 valence electrons. The van der Waals surface area contributed by atoms with E-state index in [1.54, 1.807) is 17.1 Å². The molecule has 7 atom stereocenters. The van der Waals surface area contributed by atoms with Crippen LogP contribution in [-0.4, -0.2) is 88.2 Å². The Morgan fingerprint density at radius 2 is 1.65 bits per heavy atom. The first-order valence-corrected chi connectivity index (χ1v) is 17.7. The number of hydrogen-bond acceptors (Lipinski definition) is 7. The highest BCUT2D eigenvalue weighted by molar-refractivity contribution is 6.00. The summed E-state index contributed by atoms with van der Waals surface area (Å²) in [6.45, 7) is -0.0370. The molecule has 5 aliphatic rings. The smallest absolute Gasteiger partial charge is 0.306 e. The van der Waals surface area contributed by atoms with Crippen LogP contribution in [-0.2, 0) is 35.1 Å². The lowest BCUT2D eigenvalue weighted by Crippen LogP contribution is -2.60. The second-order valence-electron chi connectivity index (χ2n) is 13.9.